The maximum atomic E-state index is 12.9. The van der Waals surface area contributed by atoms with E-state index in [1.165, 1.54) is 0 Å². The zero-order chi connectivity index (χ0) is 18.0. The minimum atomic E-state index is -1.23. The second-order valence-electron chi connectivity index (χ2n) is 7.35. The van der Waals surface area contributed by atoms with Gasteiger partial charge in [0.05, 0.1) is 5.56 Å². The van der Waals surface area contributed by atoms with E-state index >= 15 is 0 Å². The molecule has 0 aliphatic carbocycles. The molecule has 136 valence electrons. The topological polar surface area (TPSA) is 81.1 Å². The fourth-order valence-corrected chi connectivity index (χ4v) is 3.83. The number of carboxylic acid groups (broad SMARTS) is 1. The zero-order valence-corrected chi connectivity index (χ0v) is 14.6. The van der Waals surface area contributed by atoms with Crippen LogP contribution in [0.3, 0.4) is 0 Å². The lowest BCUT2D eigenvalue weighted by atomic mass is 9.86. The first-order valence-corrected chi connectivity index (χ1v) is 8.92. The number of aromatic carboxylic acids is 1. The van der Waals surface area contributed by atoms with Crippen LogP contribution < -0.4 is 0 Å². The van der Waals surface area contributed by atoms with E-state index in [0.717, 1.165) is 31.5 Å². The van der Waals surface area contributed by atoms with E-state index in [1.807, 2.05) is 19.2 Å². The number of amides is 1. The predicted molar refractivity (Wildman–Crippen MR) is 93.6 cm³/mol. The van der Waals surface area contributed by atoms with Gasteiger partial charge in [-0.15, -0.1) is 0 Å². The highest BCUT2D eigenvalue weighted by Crippen LogP contribution is 2.31. The monoisotopic (exact) mass is 346 g/mol. The van der Waals surface area contributed by atoms with Gasteiger partial charge in [-0.25, -0.2) is 4.79 Å². The summed E-state index contributed by atoms with van der Waals surface area (Å²) in [6.45, 7) is 2.73. The Morgan fingerprint density at radius 1 is 1.12 bits per heavy atom. The highest BCUT2D eigenvalue weighted by atomic mass is 16.4. The van der Waals surface area contributed by atoms with Crippen molar-refractivity contribution in [1.82, 2.24) is 9.80 Å². The molecule has 2 saturated heterocycles. The smallest absolute Gasteiger partial charge is 0.335 e. The van der Waals surface area contributed by atoms with Crippen LogP contribution in [0.2, 0.25) is 0 Å². The first-order chi connectivity index (χ1) is 11.9. The number of rotatable bonds is 3. The molecule has 2 N–H and O–H groups in total. The summed E-state index contributed by atoms with van der Waals surface area (Å²) >= 11 is 0. The summed E-state index contributed by atoms with van der Waals surface area (Å²) < 4.78 is 0. The maximum Gasteiger partial charge on any atom is 0.335 e. The third-order valence-corrected chi connectivity index (χ3v) is 5.55. The predicted octanol–water partition coefficient (Wildman–Crippen LogP) is 1.55. The van der Waals surface area contributed by atoms with Gasteiger partial charge in [0, 0.05) is 32.1 Å². The number of piperidine rings is 2. The first-order valence-electron chi connectivity index (χ1n) is 8.92. The lowest BCUT2D eigenvalue weighted by Gasteiger charge is -2.41. The van der Waals surface area contributed by atoms with Crippen molar-refractivity contribution in [2.75, 3.05) is 33.2 Å². The van der Waals surface area contributed by atoms with Crippen molar-refractivity contribution in [3.05, 3.63) is 35.4 Å². The molecule has 2 heterocycles. The molecule has 1 amide bonds. The molecule has 1 atom stereocenters. The number of likely N-dealkylation sites (tertiary alicyclic amines) is 2. The van der Waals surface area contributed by atoms with Gasteiger partial charge in [0.1, 0.15) is 5.60 Å². The first kappa shape index (κ1) is 17.9. The Balaban J connectivity index is 1.68. The molecule has 0 unspecified atom stereocenters. The molecule has 1 aromatic carbocycles. The second-order valence-corrected chi connectivity index (χ2v) is 7.35. The lowest BCUT2D eigenvalue weighted by Crippen LogP contribution is -2.56. The minimum absolute atomic E-state index is 0.146. The van der Waals surface area contributed by atoms with E-state index in [9.17, 15) is 14.7 Å². The Bertz CT molecular complexity index is 635. The van der Waals surface area contributed by atoms with Crippen LogP contribution in [0.25, 0.3) is 0 Å². The summed E-state index contributed by atoms with van der Waals surface area (Å²) in [6, 6.07) is 6.91. The summed E-state index contributed by atoms with van der Waals surface area (Å²) in [5.41, 5.74) is 0.0904. The number of nitrogens with zero attached hydrogens (tertiary/aromatic N) is 2. The van der Waals surface area contributed by atoms with Crippen LogP contribution in [-0.4, -0.2) is 70.7 Å². The average Bonchev–Trinajstić information content (AvgIpc) is 2.64. The van der Waals surface area contributed by atoms with Crippen LogP contribution >= 0.6 is 0 Å². The second kappa shape index (κ2) is 7.14. The van der Waals surface area contributed by atoms with Crippen molar-refractivity contribution < 1.29 is 19.8 Å². The third kappa shape index (κ3) is 3.85. The van der Waals surface area contributed by atoms with E-state index < -0.39 is 11.6 Å². The van der Waals surface area contributed by atoms with E-state index in [4.69, 9.17) is 5.11 Å². The van der Waals surface area contributed by atoms with Crippen LogP contribution in [0, 0.1) is 0 Å². The highest BCUT2D eigenvalue weighted by Gasteiger charge is 2.42. The highest BCUT2D eigenvalue weighted by molar-refractivity contribution is 5.87. The van der Waals surface area contributed by atoms with Crippen LogP contribution in [0.1, 0.15) is 47.5 Å². The normalized spacial score (nSPS) is 24.1. The number of carbonyl (C=O) groups is 2. The van der Waals surface area contributed by atoms with Crippen LogP contribution in [0.4, 0.5) is 0 Å². The van der Waals surface area contributed by atoms with Crippen molar-refractivity contribution in [2.24, 2.45) is 0 Å². The number of hydrogen-bond donors (Lipinski definition) is 2. The summed E-state index contributed by atoms with van der Waals surface area (Å²) in [6.07, 6.45) is 2.83. The van der Waals surface area contributed by atoms with Gasteiger partial charge in [-0.2, -0.15) is 0 Å². The summed E-state index contributed by atoms with van der Waals surface area (Å²) in [4.78, 5) is 27.8. The molecule has 0 radical (unpaired) electrons. The molecule has 1 aromatic rings. The third-order valence-electron chi connectivity index (χ3n) is 5.55. The number of benzene rings is 1. The summed E-state index contributed by atoms with van der Waals surface area (Å²) in [7, 11) is 2.00. The Labute approximate surface area is 148 Å². The van der Waals surface area contributed by atoms with E-state index in [-0.39, 0.29) is 17.4 Å². The molecule has 2 fully saturated rings. The van der Waals surface area contributed by atoms with Crippen molar-refractivity contribution in [3.63, 3.8) is 0 Å². The fourth-order valence-electron chi connectivity index (χ4n) is 3.83. The van der Waals surface area contributed by atoms with Gasteiger partial charge in [-0.3, -0.25) is 4.79 Å². The Morgan fingerprint density at radius 3 is 2.36 bits per heavy atom. The largest absolute Gasteiger partial charge is 0.478 e. The number of carboxylic acids is 1. The van der Waals surface area contributed by atoms with Crippen LogP contribution in [0.5, 0.6) is 0 Å². The Morgan fingerprint density at radius 2 is 1.76 bits per heavy atom. The average molecular weight is 346 g/mol. The van der Waals surface area contributed by atoms with Crippen molar-refractivity contribution >= 4 is 11.9 Å². The minimum Gasteiger partial charge on any atom is -0.478 e. The fraction of sp³-hybridized carbons (Fsp3) is 0.579. The van der Waals surface area contributed by atoms with Gasteiger partial charge in [0.2, 0.25) is 0 Å². The number of hydrogen-bond acceptors (Lipinski definition) is 4. The van der Waals surface area contributed by atoms with Crippen molar-refractivity contribution in [1.29, 1.82) is 0 Å². The molecule has 0 spiro atoms. The van der Waals surface area contributed by atoms with E-state index in [2.05, 4.69) is 4.90 Å². The number of carbonyl (C=O) groups excluding carboxylic acids is 1. The lowest BCUT2D eigenvalue weighted by molar-refractivity contribution is -0.157. The maximum absolute atomic E-state index is 12.9. The molecule has 0 saturated carbocycles. The summed E-state index contributed by atoms with van der Waals surface area (Å²) in [5, 5.41) is 19.8. The van der Waals surface area contributed by atoms with Gasteiger partial charge in [0.15, 0.2) is 0 Å². The molecular weight excluding hydrogens is 320 g/mol. The van der Waals surface area contributed by atoms with E-state index in [1.54, 1.807) is 17.0 Å². The quantitative estimate of drug-likeness (QED) is 0.868. The molecule has 6 nitrogen and oxygen atoms in total. The molecule has 25 heavy (non-hydrogen) atoms. The molecule has 3 rings (SSSR count). The van der Waals surface area contributed by atoms with Gasteiger partial charge < -0.3 is 20.0 Å². The Hall–Kier alpha value is -1.92. The Kier molecular flexibility index (Phi) is 5.11. The van der Waals surface area contributed by atoms with E-state index in [0.29, 0.717) is 25.9 Å². The molecule has 2 aliphatic heterocycles. The van der Waals surface area contributed by atoms with Gasteiger partial charge >= 0.3 is 5.97 Å². The molecule has 0 bridgehead atoms. The van der Waals surface area contributed by atoms with Crippen molar-refractivity contribution in [3.8, 4) is 0 Å². The van der Waals surface area contributed by atoms with Crippen LogP contribution in [-0.2, 0) is 4.79 Å². The van der Waals surface area contributed by atoms with Gasteiger partial charge in [-0.05, 0) is 50.4 Å². The molecule has 6 heteroatoms. The van der Waals surface area contributed by atoms with Gasteiger partial charge in [0.25, 0.3) is 5.91 Å². The van der Waals surface area contributed by atoms with Gasteiger partial charge in [-0.1, -0.05) is 12.1 Å². The van der Waals surface area contributed by atoms with Crippen molar-refractivity contribution in [2.45, 2.75) is 37.2 Å². The number of aliphatic hydroxyl groups is 1. The molecule has 2 aliphatic rings. The zero-order valence-electron chi connectivity index (χ0n) is 14.6. The summed E-state index contributed by atoms with van der Waals surface area (Å²) in [5.74, 6) is -0.889. The standard InChI is InChI=1S/C19H26N2O4/c1-20-11-8-19(25,9-12-20)18(24)21-10-2-3-16(13-21)14-4-6-15(7-5-14)17(22)23/h4-7,16,25H,2-3,8-13H2,1H3,(H,22,23)/t16-/m1/s1. The molecule has 0 aromatic heterocycles. The SMILES string of the molecule is CN1CCC(O)(C(=O)N2CCC[C@@H](c3ccc(C(=O)O)cc3)C2)CC1. The molecular formula is C19H26N2O4. The van der Waals surface area contributed by atoms with Crippen LogP contribution in [0.15, 0.2) is 24.3 Å².